The van der Waals surface area contributed by atoms with Crippen LogP contribution in [0.4, 0.5) is 0 Å². The summed E-state index contributed by atoms with van der Waals surface area (Å²) in [6.45, 7) is 8.44. The molecule has 0 radical (unpaired) electrons. The van der Waals surface area contributed by atoms with Gasteiger partial charge in [-0.25, -0.2) is 8.42 Å². The monoisotopic (exact) mass is 235 g/mol. The fourth-order valence-electron chi connectivity index (χ4n) is 1.65. The second-order valence-electron chi connectivity index (χ2n) is 5.03. The number of sulfone groups is 1. The first-order valence-corrected chi connectivity index (χ1v) is 7.70. The van der Waals surface area contributed by atoms with Crippen LogP contribution in [0.25, 0.3) is 0 Å². The topological polar surface area (TPSA) is 46.2 Å². The van der Waals surface area contributed by atoms with Gasteiger partial charge in [-0.15, -0.1) is 0 Å². The van der Waals surface area contributed by atoms with Gasteiger partial charge in [-0.1, -0.05) is 13.8 Å². The first-order chi connectivity index (χ1) is 6.70. The Morgan fingerprint density at radius 2 is 1.53 bits per heavy atom. The highest BCUT2D eigenvalue weighted by Crippen LogP contribution is 2.07. The summed E-state index contributed by atoms with van der Waals surface area (Å²) in [5, 5.41) is 3.31. The Kier molecular flexibility index (Phi) is 6.44. The molecule has 4 heteroatoms. The van der Waals surface area contributed by atoms with Crippen LogP contribution >= 0.6 is 0 Å². The van der Waals surface area contributed by atoms with E-state index in [2.05, 4.69) is 26.1 Å². The molecular formula is C11H25NO2S. The van der Waals surface area contributed by atoms with Crippen molar-refractivity contribution in [3.05, 3.63) is 0 Å². The molecule has 0 fully saturated rings. The lowest BCUT2D eigenvalue weighted by Gasteiger charge is -2.20. The van der Waals surface area contributed by atoms with Crippen LogP contribution in [0.15, 0.2) is 0 Å². The Bertz CT molecular complexity index is 260. The van der Waals surface area contributed by atoms with E-state index in [1.807, 2.05) is 6.92 Å². The molecule has 0 aliphatic heterocycles. The average molecular weight is 235 g/mol. The molecule has 0 saturated heterocycles. The number of nitrogens with one attached hydrogen (secondary N) is 1. The highest BCUT2D eigenvalue weighted by molar-refractivity contribution is 7.90. The van der Waals surface area contributed by atoms with Crippen molar-refractivity contribution in [1.29, 1.82) is 0 Å². The maximum absolute atomic E-state index is 11.0. The Morgan fingerprint density at radius 1 is 1.00 bits per heavy atom. The van der Waals surface area contributed by atoms with E-state index in [0.29, 0.717) is 12.0 Å². The van der Waals surface area contributed by atoms with Gasteiger partial charge in [0.05, 0.1) is 5.75 Å². The standard InChI is InChI=1S/C11H25NO2S/c1-9(2)6-7-10(3)12-11(4)8-15(5,13)14/h9-12H,6-8H2,1-5H3. The number of rotatable bonds is 7. The summed E-state index contributed by atoms with van der Waals surface area (Å²) in [7, 11) is -2.86. The van der Waals surface area contributed by atoms with Crippen LogP contribution in [0.3, 0.4) is 0 Å². The van der Waals surface area contributed by atoms with E-state index >= 15 is 0 Å². The lowest BCUT2D eigenvalue weighted by molar-refractivity contribution is 0.423. The van der Waals surface area contributed by atoms with Gasteiger partial charge in [0.1, 0.15) is 9.84 Å². The molecule has 0 saturated carbocycles. The maximum Gasteiger partial charge on any atom is 0.148 e. The van der Waals surface area contributed by atoms with Crippen molar-refractivity contribution in [2.24, 2.45) is 5.92 Å². The third-order valence-corrected chi connectivity index (χ3v) is 3.40. The second-order valence-corrected chi connectivity index (χ2v) is 7.22. The molecule has 0 amide bonds. The summed E-state index contributed by atoms with van der Waals surface area (Å²) in [5.74, 6) is 0.929. The van der Waals surface area contributed by atoms with E-state index in [0.717, 1.165) is 6.42 Å². The van der Waals surface area contributed by atoms with Crippen molar-refractivity contribution in [1.82, 2.24) is 5.32 Å². The van der Waals surface area contributed by atoms with Crippen LogP contribution in [-0.4, -0.2) is 32.5 Å². The average Bonchev–Trinajstić information content (AvgIpc) is 1.96. The van der Waals surface area contributed by atoms with Gasteiger partial charge in [0, 0.05) is 18.3 Å². The summed E-state index contributed by atoms with van der Waals surface area (Å²) < 4.78 is 22.1. The van der Waals surface area contributed by atoms with Crippen molar-refractivity contribution in [2.45, 2.75) is 52.6 Å². The first-order valence-electron chi connectivity index (χ1n) is 5.64. The van der Waals surface area contributed by atoms with Gasteiger partial charge < -0.3 is 5.32 Å². The van der Waals surface area contributed by atoms with Gasteiger partial charge >= 0.3 is 0 Å². The van der Waals surface area contributed by atoms with E-state index in [-0.39, 0.29) is 11.8 Å². The molecule has 0 aromatic carbocycles. The predicted molar refractivity (Wildman–Crippen MR) is 65.8 cm³/mol. The molecule has 0 aliphatic rings. The van der Waals surface area contributed by atoms with E-state index in [1.165, 1.54) is 12.7 Å². The van der Waals surface area contributed by atoms with Crippen molar-refractivity contribution < 1.29 is 8.42 Å². The summed E-state index contributed by atoms with van der Waals surface area (Å²) in [6.07, 6.45) is 3.56. The third kappa shape index (κ3) is 10.2. The first kappa shape index (κ1) is 14.9. The molecule has 2 atom stereocenters. The van der Waals surface area contributed by atoms with Crippen molar-refractivity contribution in [2.75, 3.05) is 12.0 Å². The highest BCUT2D eigenvalue weighted by atomic mass is 32.2. The summed E-state index contributed by atoms with van der Waals surface area (Å²) in [5.41, 5.74) is 0. The summed E-state index contributed by atoms with van der Waals surface area (Å²) in [6, 6.07) is 0.436. The maximum atomic E-state index is 11.0. The van der Waals surface area contributed by atoms with Crippen molar-refractivity contribution in [3.63, 3.8) is 0 Å². The summed E-state index contributed by atoms with van der Waals surface area (Å²) >= 11 is 0. The minimum Gasteiger partial charge on any atom is -0.311 e. The third-order valence-electron chi connectivity index (χ3n) is 2.30. The predicted octanol–water partition coefficient (Wildman–Crippen LogP) is 1.83. The SMILES string of the molecule is CC(C)CCC(C)NC(C)CS(C)(=O)=O. The van der Waals surface area contributed by atoms with E-state index in [1.54, 1.807) is 0 Å². The van der Waals surface area contributed by atoms with Gasteiger partial charge in [-0.3, -0.25) is 0 Å². The fraction of sp³-hybridized carbons (Fsp3) is 1.00. The van der Waals surface area contributed by atoms with Crippen molar-refractivity contribution in [3.8, 4) is 0 Å². The van der Waals surface area contributed by atoms with Crippen LogP contribution in [-0.2, 0) is 9.84 Å². The largest absolute Gasteiger partial charge is 0.311 e. The fourth-order valence-corrected chi connectivity index (χ4v) is 2.66. The molecule has 92 valence electrons. The van der Waals surface area contributed by atoms with Gasteiger partial charge in [0.25, 0.3) is 0 Å². The van der Waals surface area contributed by atoms with Gasteiger partial charge in [0.15, 0.2) is 0 Å². The lowest BCUT2D eigenvalue weighted by atomic mass is 10.0. The zero-order valence-electron chi connectivity index (χ0n) is 10.6. The molecule has 0 spiro atoms. The molecule has 0 bridgehead atoms. The van der Waals surface area contributed by atoms with Crippen LogP contribution in [0.5, 0.6) is 0 Å². The quantitative estimate of drug-likeness (QED) is 0.732. The van der Waals surface area contributed by atoms with E-state index < -0.39 is 9.84 Å². The Hall–Kier alpha value is -0.0900. The molecule has 0 heterocycles. The summed E-state index contributed by atoms with van der Waals surface area (Å²) in [4.78, 5) is 0. The molecule has 0 aliphatic carbocycles. The molecule has 0 aromatic heterocycles. The smallest absolute Gasteiger partial charge is 0.148 e. The Balaban J connectivity index is 3.81. The van der Waals surface area contributed by atoms with Gasteiger partial charge in [-0.2, -0.15) is 0 Å². The minimum atomic E-state index is -2.86. The molecule has 1 N–H and O–H groups in total. The van der Waals surface area contributed by atoms with Crippen LogP contribution < -0.4 is 5.32 Å². The minimum absolute atomic E-state index is 0.0437. The Labute approximate surface area is 94.6 Å². The highest BCUT2D eigenvalue weighted by Gasteiger charge is 2.12. The number of hydrogen-bond acceptors (Lipinski definition) is 3. The van der Waals surface area contributed by atoms with Crippen LogP contribution in [0.1, 0.15) is 40.5 Å². The van der Waals surface area contributed by atoms with Gasteiger partial charge in [0.2, 0.25) is 0 Å². The zero-order chi connectivity index (χ0) is 12.1. The Morgan fingerprint density at radius 3 is 1.93 bits per heavy atom. The molecular weight excluding hydrogens is 210 g/mol. The molecule has 3 nitrogen and oxygen atoms in total. The van der Waals surface area contributed by atoms with Crippen LogP contribution in [0.2, 0.25) is 0 Å². The molecule has 0 rings (SSSR count). The second kappa shape index (κ2) is 6.48. The zero-order valence-corrected chi connectivity index (χ0v) is 11.4. The molecule has 0 aromatic rings. The van der Waals surface area contributed by atoms with Crippen LogP contribution in [0, 0.1) is 5.92 Å². The lowest BCUT2D eigenvalue weighted by Crippen LogP contribution is -2.38. The normalized spacial score (nSPS) is 16.7. The molecule has 15 heavy (non-hydrogen) atoms. The number of hydrogen-bond donors (Lipinski definition) is 1. The molecule has 2 unspecified atom stereocenters. The van der Waals surface area contributed by atoms with Gasteiger partial charge in [-0.05, 0) is 32.6 Å². The van der Waals surface area contributed by atoms with E-state index in [4.69, 9.17) is 0 Å². The van der Waals surface area contributed by atoms with E-state index in [9.17, 15) is 8.42 Å². The van der Waals surface area contributed by atoms with Crippen molar-refractivity contribution >= 4 is 9.84 Å².